The molecule has 3 heterocycles. The lowest BCUT2D eigenvalue weighted by atomic mass is 9.83. The van der Waals surface area contributed by atoms with Gasteiger partial charge in [-0.1, -0.05) is 18.2 Å². The van der Waals surface area contributed by atoms with Crippen LogP contribution in [0.25, 0.3) is 0 Å². The van der Waals surface area contributed by atoms with Gasteiger partial charge in [-0.2, -0.15) is 0 Å². The summed E-state index contributed by atoms with van der Waals surface area (Å²) in [5, 5.41) is 60.9. The highest BCUT2D eigenvalue weighted by Crippen LogP contribution is 2.35. The topological polar surface area (TPSA) is 190 Å². The molecule has 12 heteroatoms. The summed E-state index contributed by atoms with van der Waals surface area (Å²) in [6, 6.07) is 0. The summed E-state index contributed by atoms with van der Waals surface area (Å²) in [5.41, 5.74) is 0.554. The molecule has 0 amide bonds. The van der Waals surface area contributed by atoms with Crippen LogP contribution in [0.4, 0.5) is 0 Å². The number of carboxylic acid groups (broad SMARTS) is 2. The molecule has 3 aliphatic heterocycles. The number of quaternary nitrogens is 1. The number of hydrogen-bond acceptors (Lipinski definition) is 10. The zero-order chi connectivity index (χ0) is 26.6. The van der Waals surface area contributed by atoms with Gasteiger partial charge in [0.05, 0.1) is 31.0 Å². The summed E-state index contributed by atoms with van der Waals surface area (Å²) in [5.74, 6) is -4.26. The zero-order valence-corrected chi connectivity index (χ0v) is 19.6. The molecule has 0 spiro atoms. The van der Waals surface area contributed by atoms with E-state index in [9.17, 15) is 40.2 Å². The highest BCUT2D eigenvalue weighted by atomic mass is 16.8. The van der Waals surface area contributed by atoms with Crippen molar-refractivity contribution in [1.82, 2.24) is 0 Å². The molecular weight excluding hydrogens is 478 g/mol. The molecule has 0 aliphatic carbocycles. The van der Waals surface area contributed by atoms with Gasteiger partial charge in [-0.25, -0.2) is 4.79 Å². The zero-order valence-electron chi connectivity index (χ0n) is 19.6. The average molecular weight is 510 g/mol. The van der Waals surface area contributed by atoms with E-state index in [2.05, 4.69) is 6.58 Å². The lowest BCUT2D eigenvalue weighted by molar-refractivity contribution is -0.840. The molecule has 1 unspecified atom stereocenters. The third kappa shape index (κ3) is 5.93. The van der Waals surface area contributed by atoms with Crippen molar-refractivity contribution >= 4 is 11.9 Å². The lowest BCUT2D eigenvalue weighted by Gasteiger charge is -2.43. The van der Waals surface area contributed by atoms with Gasteiger partial charge < -0.3 is 54.5 Å². The molecule has 198 valence electrons. The third-order valence-corrected chi connectivity index (χ3v) is 6.40. The number of aliphatic hydroxyl groups excluding tert-OH is 4. The van der Waals surface area contributed by atoms with Gasteiger partial charge in [0.2, 0.25) is 6.29 Å². The number of rotatable bonds is 9. The molecule has 0 aromatic carbocycles. The molecule has 0 radical (unpaired) electrons. The minimum Gasteiger partial charge on any atom is -0.545 e. The molecule has 0 bridgehead atoms. The second-order valence-electron chi connectivity index (χ2n) is 8.70. The molecule has 0 aromatic rings. The maximum absolute atomic E-state index is 11.8. The Labute approximate surface area is 207 Å². The number of carbonyl (C=O) groups excluding carboxylic acids is 1. The van der Waals surface area contributed by atoms with Gasteiger partial charge in [0, 0.05) is 23.0 Å². The summed E-state index contributed by atoms with van der Waals surface area (Å²) in [4.78, 5) is 24.2. The summed E-state index contributed by atoms with van der Waals surface area (Å²) in [7, 11) is 0. The van der Waals surface area contributed by atoms with Crippen molar-refractivity contribution in [1.29, 1.82) is 0 Å². The Morgan fingerprint density at radius 2 is 1.97 bits per heavy atom. The summed E-state index contributed by atoms with van der Waals surface area (Å²) < 4.78 is 16.5. The van der Waals surface area contributed by atoms with Crippen LogP contribution in [-0.4, -0.2) is 94.2 Å². The summed E-state index contributed by atoms with van der Waals surface area (Å²) in [6.07, 6.45) is -0.0997. The first-order valence-corrected chi connectivity index (χ1v) is 11.4. The van der Waals surface area contributed by atoms with Crippen molar-refractivity contribution in [2.75, 3.05) is 19.7 Å². The Balaban J connectivity index is 1.87. The van der Waals surface area contributed by atoms with Gasteiger partial charge in [0.15, 0.2) is 6.29 Å². The predicted octanol–water partition coefficient (Wildman–Crippen LogP) is -3.42. The minimum absolute atomic E-state index is 0.209. The Hall–Kier alpha value is -2.84. The van der Waals surface area contributed by atoms with E-state index in [0.717, 1.165) is 11.2 Å². The largest absolute Gasteiger partial charge is 0.545 e. The van der Waals surface area contributed by atoms with E-state index in [1.54, 1.807) is 12.2 Å². The van der Waals surface area contributed by atoms with E-state index in [0.29, 0.717) is 18.7 Å². The number of carbonyl (C=O) groups is 2. The van der Waals surface area contributed by atoms with Gasteiger partial charge in [-0.15, -0.1) is 6.58 Å². The fraction of sp³-hybridized carbons (Fsp3) is 0.500. The van der Waals surface area contributed by atoms with Crippen LogP contribution in [0.1, 0.15) is 6.92 Å². The molecule has 9 atom stereocenters. The lowest BCUT2D eigenvalue weighted by Crippen LogP contribution is -3.08. The maximum Gasteiger partial charge on any atom is 0.337 e. The van der Waals surface area contributed by atoms with Crippen LogP contribution in [0, 0.1) is 11.8 Å². The van der Waals surface area contributed by atoms with Crippen molar-refractivity contribution in [3.05, 3.63) is 60.1 Å². The number of hydrogen-bond donors (Lipinski definition) is 6. The second-order valence-corrected chi connectivity index (χ2v) is 8.70. The van der Waals surface area contributed by atoms with E-state index >= 15 is 0 Å². The molecule has 1 saturated heterocycles. The van der Waals surface area contributed by atoms with Crippen LogP contribution in [-0.2, 0) is 23.8 Å². The van der Waals surface area contributed by atoms with Gasteiger partial charge in [0.1, 0.15) is 37.2 Å². The molecule has 1 fully saturated rings. The summed E-state index contributed by atoms with van der Waals surface area (Å²) >= 11 is 0. The van der Waals surface area contributed by atoms with Crippen molar-refractivity contribution < 1.29 is 59.3 Å². The molecule has 0 aromatic heterocycles. The number of allylic oxidation sites excluding steroid dienone is 4. The number of ether oxygens (including phenoxy) is 3. The predicted molar refractivity (Wildman–Crippen MR) is 119 cm³/mol. The molecule has 3 aliphatic rings. The van der Waals surface area contributed by atoms with Crippen molar-refractivity contribution in [3.8, 4) is 0 Å². The van der Waals surface area contributed by atoms with Crippen molar-refractivity contribution in [3.63, 3.8) is 0 Å². The second kappa shape index (κ2) is 11.9. The number of likely N-dealkylation sites (N-methyl/N-ethyl adjacent to an activating group) is 1. The number of nitrogens with one attached hydrogen (secondary N) is 1. The highest BCUT2D eigenvalue weighted by Gasteiger charge is 2.46. The van der Waals surface area contributed by atoms with Crippen molar-refractivity contribution in [2.45, 2.75) is 43.9 Å². The Morgan fingerprint density at radius 3 is 2.56 bits per heavy atom. The van der Waals surface area contributed by atoms with E-state index in [1.165, 1.54) is 12.2 Å². The SMILES string of the molecule is C=C[C@H]1[C@H](O[C@@H]2O[C@H](CO)[C@@H](O)[C@H](O)[C@H]2O)OC=C(C(=O)[O-])[C@H]1C=CC1=C[NH+](CC)CC(C(=O)O)=C1. The first kappa shape index (κ1) is 27.7. The molecule has 3 rings (SSSR count). The molecular formula is C24H31NO11. The van der Waals surface area contributed by atoms with Gasteiger partial charge in [-0.3, -0.25) is 0 Å². The molecule has 36 heavy (non-hydrogen) atoms. The molecule has 6 N–H and O–H groups in total. The first-order chi connectivity index (χ1) is 17.1. The van der Waals surface area contributed by atoms with E-state index < -0.39 is 67.4 Å². The van der Waals surface area contributed by atoms with Gasteiger partial charge in [-0.05, 0) is 13.0 Å². The Bertz CT molecular complexity index is 969. The number of aliphatic carboxylic acids is 2. The average Bonchev–Trinajstić information content (AvgIpc) is 2.87. The standard InChI is InChI=1S/C24H31NO11/c1-3-14-15(6-5-12-7-13(21(30)31)9-25(4-2)8-12)16(22(32)33)11-34-23(14)36-24-20(29)19(28)18(27)17(10-26)35-24/h3,5-8,11,14-15,17-20,23-24,26-29H,1,4,9-10H2,2H3,(H,30,31)(H,32,33)/t14-,15+,17-,18-,19+,20-,23+,24+/m1/s1. The highest BCUT2D eigenvalue weighted by molar-refractivity contribution is 5.88. The van der Waals surface area contributed by atoms with Crippen LogP contribution >= 0.6 is 0 Å². The maximum atomic E-state index is 11.8. The number of aliphatic hydroxyl groups is 4. The van der Waals surface area contributed by atoms with Gasteiger partial charge >= 0.3 is 5.97 Å². The summed E-state index contributed by atoms with van der Waals surface area (Å²) in [6.45, 7) is 5.94. The fourth-order valence-corrected chi connectivity index (χ4v) is 4.30. The van der Waals surface area contributed by atoms with Crippen LogP contribution < -0.4 is 10.0 Å². The molecule has 0 saturated carbocycles. The third-order valence-electron chi connectivity index (χ3n) is 6.40. The fourth-order valence-electron chi connectivity index (χ4n) is 4.30. The molecule has 12 nitrogen and oxygen atoms in total. The van der Waals surface area contributed by atoms with Crippen molar-refractivity contribution in [2.24, 2.45) is 11.8 Å². The van der Waals surface area contributed by atoms with E-state index in [4.69, 9.17) is 14.2 Å². The first-order valence-electron chi connectivity index (χ1n) is 11.4. The Kier molecular flexibility index (Phi) is 9.19. The quantitative estimate of drug-likeness (QED) is 0.170. The van der Waals surface area contributed by atoms with Crippen LogP contribution in [0.5, 0.6) is 0 Å². The number of carboxylic acids is 2. The van der Waals surface area contributed by atoms with E-state index in [-0.39, 0.29) is 11.1 Å². The van der Waals surface area contributed by atoms with Crippen LogP contribution in [0.15, 0.2) is 60.1 Å². The van der Waals surface area contributed by atoms with Gasteiger partial charge in [0.25, 0.3) is 0 Å². The normalized spacial score (nSPS) is 36.9. The smallest absolute Gasteiger partial charge is 0.337 e. The van der Waals surface area contributed by atoms with Crippen LogP contribution in [0.2, 0.25) is 0 Å². The monoisotopic (exact) mass is 509 g/mol. The minimum atomic E-state index is -1.69. The van der Waals surface area contributed by atoms with Crippen LogP contribution in [0.3, 0.4) is 0 Å². The Morgan fingerprint density at radius 1 is 1.25 bits per heavy atom. The van der Waals surface area contributed by atoms with E-state index in [1.807, 2.05) is 13.1 Å².